The number of nitrogens with one attached hydrogen (secondary N) is 1. The Kier molecular flexibility index (Phi) is 6.60. The van der Waals surface area contributed by atoms with Crippen molar-refractivity contribution in [1.29, 1.82) is 0 Å². The van der Waals surface area contributed by atoms with Crippen LogP contribution in [-0.4, -0.2) is 43.3 Å². The highest BCUT2D eigenvalue weighted by Crippen LogP contribution is 2.34. The van der Waals surface area contributed by atoms with Gasteiger partial charge in [0.2, 0.25) is 0 Å². The van der Waals surface area contributed by atoms with Gasteiger partial charge in [0.25, 0.3) is 0 Å². The van der Waals surface area contributed by atoms with Crippen LogP contribution in [0.1, 0.15) is 40.0 Å². The summed E-state index contributed by atoms with van der Waals surface area (Å²) in [5.74, 6) is -0.626. The number of piperidine rings is 1. The molecule has 0 radical (unpaired) electrons. The first-order valence-electron chi connectivity index (χ1n) is 7.37. The molecular weight excluding hydrogens is 253 g/mol. The molecule has 0 aliphatic carbocycles. The van der Waals surface area contributed by atoms with Crippen molar-refractivity contribution in [2.24, 2.45) is 11.8 Å². The van der Waals surface area contributed by atoms with Crippen LogP contribution >= 0.6 is 0 Å². The van der Waals surface area contributed by atoms with E-state index < -0.39 is 12.1 Å². The molecule has 0 aromatic carbocycles. The van der Waals surface area contributed by atoms with Gasteiger partial charge in [-0.15, -0.1) is 0 Å². The molecule has 0 amide bonds. The summed E-state index contributed by atoms with van der Waals surface area (Å²) in [6.07, 6.45) is -2.40. The summed E-state index contributed by atoms with van der Waals surface area (Å²) in [7, 11) is 0. The molecule has 0 aromatic rings. The largest absolute Gasteiger partial charge is 0.391 e. The normalized spacial score (nSPS) is 22.4. The molecule has 1 heterocycles. The van der Waals surface area contributed by atoms with Gasteiger partial charge in [-0.1, -0.05) is 13.8 Å². The Bertz CT molecular complexity index is 248. The van der Waals surface area contributed by atoms with Crippen LogP contribution in [-0.2, 0) is 0 Å². The third-order valence-corrected chi connectivity index (χ3v) is 4.29. The van der Waals surface area contributed by atoms with Crippen LogP contribution in [0.4, 0.5) is 13.2 Å². The highest BCUT2D eigenvalue weighted by atomic mass is 19.4. The van der Waals surface area contributed by atoms with E-state index in [1.165, 1.54) is 0 Å². The molecule has 0 aromatic heterocycles. The van der Waals surface area contributed by atoms with Crippen molar-refractivity contribution in [3.63, 3.8) is 0 Å². The maximum absolute atomic E-state index is 12.6. The third-order valence-electron chi connectivity index (χ3n) is 4.29. The van der Waals surface area contributed by atoms with E-state index >= 15 is 0 Å². The van der Waals surface area contributed by atoms with Crippen molar-refractivity contribution in [3.05, 3.63) is 0 Å². The summed E-state index contributed by atoms with van der Waals surface area (Å²) in [5, 5.41) is 3.38. The van der Waals surface area contributed by atoms with Crippen molar-refractivity contribution in [1.82, 2.24) is 10.2 Å². The zero-order valence-corrected chi connectivity index (χ0v) is 12.3. The van der Waals surface area contributed by atoms with Crippen molar-refractivity contribution < 1.29 is 13.2 Å². The predicted octanol–water partition coefficient (Wildman–Crippen LogP) is 3.28. The minimum Gasteiger partial charge on any atom is -0.316 e. The van der Waals surface area contributed by atoms with Gasteiger partial charge in [-0.25, -0.2) is 0 Å². The van der Waals surface area contributed by atoms with Gasteiger partial charge in [0.1, 0.15) is 0 Å². The number of hydrogen-bond acceptors (Lipinski definition) is 2. The van der Waals surface area contributed by atoms with E-state index in [1.54, 1.807) is 0 Å². The van der Waals surface area contributed by atoms with Crippen LogP contribution in [0, 0.1) is 11.8 Å². The lowest BCUT2D eigenvalue weighted by Crippen LogP contribution is -2.47. The van der Waals surface area contributed by atoms with Gasteiger partial charge in [-0.2, -0.15) is 13.2 Å². The third kappa shape index (κ3) is 5.30. The van der Waals surface area contributed by atoms with E-state index in [1.807, 2.05) is 0 Å². The van der Waals surface area contributed by atoms with Gasteiger partial charge in [0.05, 0.1) is 5.92 Å². The van der Waals surface area contributed by atoms with Crippen LogP contribution in [0.25, 0.3) is 0 Å². The summed E-state index contributed by atoms with van der Waals surface area (Å²) < 4.78 is 37.8. The summed E-state index contributed by atoms with van der Waals surface area (Å²) in [4.78, 5) is 2.21. The summed E-state index contributed by atoms with van der Waals surface area (Å²) in [5.41, 5.74) is 0. The highest BCUT2D eigenvalue weighted by molar-refractivity contribution is 4.82. The summed E-state index contributed by atoms with van der Waals surface area (Å²) >= 11 is 0. The SMILES string of the molecule is CCCNCC(C)C(C)N1CCC(C(F)(F)F)CC1. The van der Waals surface area contributed by atoms with Crippen LogP contribution in [0.3, 0.4) is 0 Å². The van der Waals surface area contributed by atoms with Gasteiger partial charge in [-0.3, -0.25) is 0 Å². The van der Waals surface area contributed by atoms with E-state index in [0.29, 0.717) is 25.0 Å². The first kappa shape index (κ1) is 16.8. The Balaban J connectivity index is 2.33. The van der Waals surface area contributed by atoms with Crippen LogP contribution in [0.5, 0.6) is 0 Å². The molecule has 0 spiro atoms. The summed E-state index contributed by atoms with van der Waals surface area (Å²) in [6.45, 7) is 9.52. The fraction of sp³-hybridized carbons (Fsp3) is 1.00. The Hall–Kier alpha value is -0.290. The molecule has 2 nitrogen and oxygen atoms in total. The van der Waals surface area contributed by atoms with E-state index in [0.717, 1.165) is 19.5 Å². The van der Waals surface area contributed by atoms with Crippen LogP contribution < -0.4 is 5.32 Å². The maximum Gasteiger partial charge on any atom is 0.391 e. The van der Waals surface area contributed by atoms with Gasteiger partial charge in [-0.05, 0) is 58.3 Å². The second-order valence-electron chi connectivity index (χ2n) is 5.77. The monoisotopic (exact) mass is 280 g/mol. The Morgan fingerprint density at radius 2 is 1.79 bits per heavy atom. The molecule has 5 heteroatoms. The molecule has 1 N–H and O–H groups in total. The van der Waals surface area contributed by atoms with Crippen molar-refractivity contribution >= 4 is 0 Å². The zero-order chi connectivity index (χ0) is 14.5. The molecule has 2 atom stereocenters. The molecular formula is C14H27F3N2. The van der Waals surface area contributed by atoms with E-state index in [2.05, 4.69) is 31.0 Å². The van der Waals surface area contributed by atoms with E-state index in [9.17, 15) is 13.2 Å². The average molecular weight is 280 g/mol. The molecule has 0 saturated carbocycles. The van der Waals surface area contributed by atoms with E-state index in [-0.39, 0.29) is 12.8 Å². The quantitative estimate of drug-likeness (QED) is 0.751. The molecule has 114 valence electrons. The Labute approximate surface area is 114 Å². The number of alkyl halides is 3. The van der Waals surface area contributed by atoms with Gasteiger partial charge < -0.3 is 10.2 Å². The lowest BCUT2D eigenvalue weighted by atomic mass is 9.93. The second-order valence-corrected chi connectivity index (χ2v) is 5.77. The lowest BCUT2D eigenvalue weighted by Gasteiger charge is -2.39. The minimum atomic E-state index is -4.01. The maximum atomic E-state index is 12.6. The van der Waals surface area contributed by atoms with Crippen LogP contribution in [0.2, 0.25) is 0 Å². The number of hydrogen-bond donors (Lipinski definition) is 1. The standard InChI is InChI=1S/C14H27F3N2/c1-4-7-18-10-11(2)12(3)19-8-5-13(6-9-19)14(15,16)17/h11-13,18H,4-10H2,1-3H3. The summed E-state index contributed by atoms with van der Waals surface area (Å²) in [6, 6.07) is 0.346. The molecule has 19 heavy (non-hydrogen) atoms. The number of rotatable bonds is 6. The second kappa shape index (κ2) is 7.48. The highest BCUT2D eigenvalue weighted by Gasteiger charge is 2.41. The van der Waals surface area contributed by atoms with Crippen LogP contribution in [0.15, 0.2) is 0 Å². The van der Waals surface area contributed by atoms with Gasteiger partial charge >= 0.3 is 6.18 Å². The number of likely N-dealkylation sites (tertiary alicyclic amines) is 1. The smallest absolute Gasteiger partial charge is 0.316 e. The zero-order valence-electron chi connectivity index (χ0n) is 12.3. The first-order valence-corrected chi connectivity index (χ1v) is 7.37. The van der Waals surface area contributed by atoms with Gasteiger partial charge in [0, 0.05) is 6.04 Å². The molecule has 1 fully saturated rings. The molecule has 1 saturated heterocycles. The lowest BCUT2D eigenvalue weighted by molar-refractivity contribution is -0.186. The van der Waals surface area contributed by atoms with E-state index in [4.69, 9.17) is 0 Å². The molecule has 1 rings (SSSR count). The van der Waals surface area contributed by atoms with Crippen molar-refractivity contribution in [2.75, 3.05) is 26.2 Å². The first-order chi connectivity index (χ1) is 8.86. The van der Waals surface area contributed by atoms with Gasteiger partial charge in [0.15, 0.2) is 0 Å². The molecule has 2 unspecified atom stereocenters. The number of halogens is 3. The fourth-order valence-electron chi connectivity index (χ4n) is 2.67. The Morgan fingerprint density at radius 3 is 2.26 bits per heavy atom. The Morgan fingerprint density at radius 1 is 1.21 bits per heavy atom. The molecule has 1 aliphatic rings. The molecule has 0 bridgehead atoms. The minimum absolute atomic E-state index is 0.253. The fourth-order valence-corrected chi connectivity index (χ4v) is 2.67. The molecule has 1 aliphatic heterocycles. The number of nitrogens with zero attached hydrogens (tertiary/aromatic N) is 1. The predicted molar refractivity (Wildman–Crippen MR) is 72.1 cm³/mol. The van der Waals surface area contributed by atoms with Crippen molar-refractivity contribution in [2.45, 2.75) is 52.3 Å². The average Bonchev–Trinajstić information content (AvgIpc) is 2.37. The topological polar surface area (TPSA) is 15.3 Å². The van der Waals surface area contributed by atoms with Crippen molar-refractivity contribution in [3.8, 4) is 0 Å².